The van der Waals surface area contributed by atoms with Gasteiger partial charge in [-0.15, -0.1) is 0 Å². The first-order valence-corrected chi connectivity index (χ1v) is 6.71. The van der Waals surface area contributed by atoms with Crippen LogP contribution in [0.15, 0.2) is 29.4 Å². The Labute approximate surface area is 119 Å². The topological polar surface area (TPSA) is 56.5 Å². The van der Waals surface area contributed by atoms with Gasteiger partial charge in [-0.25, -0.2) is 5.01 Å². The van der Waals surface area contributed by atoms with Gasteiger partial charge >= 0.3 is 0 Å². The molecule has 0 N–H and O–H groups in total. The second-order valence-corrected chi connectivity index (χ2v) is 6.10. The first-order valence-electron chi connectivity index (χ1n) is 6.71. The normalized spacial score (nSPS) is 18.9. The van der Waals surface area contributed by atoms with Crippen molar-refractivity contribution in [1.82, 2.24) is 0 Å². The minimum atomic E-state index is -0.401. The van der Waals surface area contributed by atoms with Crippen molar-refractivity contribution in [1.29, 1.82) is 5.26 Å². The predicted octanol–water partition coefficient (Wildman–Crippen LogP) is 3.24. The van der Waals surface area contributed by atoms with Crippen LogP contribution in [0.1, 0.15) is 39.7 Å². The molecule has 2 rings (SSSR count). The maximum atomic E-state index is 12.2. The Kier molecular flexibility index (Phi) is 3.63. The molecule has 0 radical (unpaired) electrons. The van der Waals surface area contributed by atoms with Crippen molar-refractivity contribution >= 4 is 17.3 Å². The van der Waals surface area contributed by atoms with Gasteiger partial charge in [0.15, 0.2) is 0 Å². The Morgan fingerprint density at radius 2 is 1.90 bits per heavy atom. The van der Waals surface area contributed by atoms with E-state index in [1.807, 2.05) is 30.3 Å². The van der Waals surface area contributed by atoms with Gasteiger partial charge in [0.1, 0.15) is 0 Å². The largest absolute Gasteiger partial charge is 0.272 e. The van der Waals surface area contributed by atoms with Crippen molar-refractivity contribution in [3.05, 3.63) is 29.8 Å². The number of rotatable bonds is 2. The van der Waals surface area contributed by atoms with Crippen LogP contribution in [0.5, 0.6) is 0 Å². The molecule has 20 heavy (non-hydrogen) atoms. The van der Waals surface area contributed by atoms with E-state index in [0.29, 0.717) is 5.71 Å². The van der Waals surface area contributed by atoms with E-state index in [1.54, 1.807) is 6.92 Å². The van der Waals surface area contributed by atoms with E-state index in [-0.39, 0.29) is 17.7 Å². The Hall–Kier alpha value is -2.15. The highest BCUT2D eigenvalue weighted by Gasteiger charge is 2.34. The zero-order valence-corrected chi connectivity index (χ0v) is 12.3. The molecule has 0 spiro atoms. The van der Waals surface area contributed by atoms with E-state index < -0.39 is 5.92 Å². The lowest BCUT2D eigenvalue weighted by Gasteiger charge is -2.20. The average molecular weight is 269 g/mol. The Morgan fingerprint density at radius 1 is 1.30 bits per heavy atom. The van der Waals surface area contributed by atoms with E-state index in [4.69, 9.17) is 5.26 Å². The summed E-state index contributed by atoms with van der Waals surface area (Å²) >= 11 is 0. The average Bonchev–Trinajstić information content (AvgIpc) is 2.66. The Balaban J connectivity index is 2.26. The lowest BCUT2D eigenvalue weighted by atomic mass is 9.87. The molecular formula is C16H19N3O. The van der Waals surface area contributed by atoms with E-state index in [1.165, 1.54) is 10.6 Å². The number of carbonyl (C=O) groups excluding carboxylic acids is 1. The molecule has 0 saturated heterocycles. The van der Waals surface area contributed by atoms with Gasteiger partial charge in [-0.2, -0.15) is 10.4 Å². The van der Waals surface area contributed by atoms with E-state index >= 15 is 0 Å². The van der Waals surface area contributed by atoms with Crippen molar-refractivity contribution in [2.45, 2.75) is 39.5 Å². The summed E-state index contributed by atoms with van der Waals surface area (Å²) in [5, 5.41) is 14.5. The lowest BCUT2D eigenvalue weighted by Crippen LogP contribution is -2.26. The van der Waals surface area contributed by atoms with Crippen LogP contribution in [0.4, 0.5) is 5.69 Å². The monoisotopic (exact) mass is 269 g/mol. The first-order chi connectivity index (χ1) is 9.34. The smallest absolute Gasteiger partial charge is 0.257 e. The first kappa shape index (κ1) is 14.3. The summed E-state index contributed by atoms with van der Waals surface area (Å²) < 4.78 is 0. The fourth-order valence-electron chi connectivity index (χ4n) is 2.22. The summed E-state index contributed by atoms with van der Waals surface area (Å²) in [5.41, 5.74) is 2.75. The molecule has 4 heteroatoms. The van der Waals surface area contributed by atoms with Crippen LogP contribution in [-0.2, 0) is 10.2 Å². The maximum Gasteiger partial charge on any atom is 0.257 e. The molecule has 0 bridgehead atoms. The van der Waals surface area contributed by atoms with Gasteiger partial charge in [-0.05, 0) is 30.0 Å². The van der Waals surface area contributed by atoms with Crippen molar-refractivity contribution in [2.75, 3.05) is 5.01 Å². The molecular weight excluding hydrogens is 250 g/mol. The third-order valence-electron chi connectivity index (χ3n) is 3.54. The molecule has 1 aliphatic rings. The lowest BCUT2D eigenvalue weighted by molar-refractivity contribution is -0.119. The van der Waals surface area contributed by atoms with Gasteiger partial charge in [0.2, 0.25) is 0 Å². The van der Waals surface area contributed by atoms with Gasteiger partial charge in [0, 0.05) is 5.71 Å². The van der Waals surface area contributed by atoms with Crippen LogP contribution >= 0.6 is 0 Å². The number of hydrazone groups is 1. The van der Waals surface area contributed by atoms with Gasteiger partial charge in [0.25, 0.3) is 5.91 Å². The zero-order valence-electron chi connectivity index (χ0n) is 12.3. The summed E-state index contributed by atoms with van der Waals surface area (Å²) in [6, 6.07) is 9.89. The summed E-state index contributed by atoms with van der Waals surface area (Å²) in [7, 11) is 0. The van der Waals surface area contributed by atoms with Crippen molar-refractivity contribution in [3.63, 3.8) is 0 Å². The quantitative estimate of drug-likeness (QED) is 0.827. The van der Waals surface area contributed by atoms with Crippen LogP contribution in [0.25, 0.3) is 0 Å². The number of benzene rings is 1. The van der Waals surface area contributed by atoms with Crippen LogP contribution in [0, 0.1) is 17.2 Å². The molecule has 0 saturated carbocycles. The van der Waals surface area contributed by atoms with Crippen molar-refractivity contribution in [2.24, 2.45) is 11.0 Å². The summed E-state index contributed by atoms with van der Waals surface area (Å²) in [6.45, 7) is 8.24. The highest BCUT2D eigenvalue weighted by molar-refractivity contribution is 6.14. The van der Waals surface area contributed by atoms with Crippen molar-refractivity contribution < 1.29 is 4.79 Å². The minimum Gasteiger partial charge on any atom is -0.272 e. The SMILES string of the molecule is CC1=NN(c2ccc(C(C)(C)C)cc2)C(=O)C1CC#N. The number of hydrogen-bond donors (Lipinski definition) is 0. The minimum absolute atomic E-state index is 0.0794. The third-order valence-corrected chi connectivity index (χ3v) is 3.54. The standard InChI is InChI=1S/C16H19N3O/c1-11-14(9-10-17)15(20)19(18-11)13-7-5-12(6-8-13)16(2,3)4/h5-8,14H,9H2,1-4H3. The second-order valence-electron chi connectivity index (χ2n) is 6.10. The molecule has 1 aromatic rings. The van der Waals surface area contributed by atoms with E-state index in [0.717, 1.165) is 5.69 Å². The van der Waals surface area contributed by atoms with Gasteiger partial charge in [0.05, 0.1) is 24.1 Å². The molecule has 1 heterocycles. The molecule has 104 valence electrons. The molecule has 1 unspecified atom stereocenters. The van der Waals surface area contributed by atoms with Crippen molar-refractivity contribution in [3.8, 4) is 6.07 Å². The summed E-state index contributed by atoms with van der Waals surface area (Å²) in [4.78, 5) is 12.2. The predicted molar refractivity (Wildman–Crippen MR) is 79.5 cm³/mol. The number of anilines is 1. The fraction of sp³-hybridized carbons (Fsp3) is 0.438. The molecule has 1 aliphatic heterocycles. The molecule has 4 nitrogen and oxygen atoms in total. The highest BCUT2D eigenvalue weighted by atomic mass is 16.2. The molecule has 0 fully saturated rings. The number of nitrogens with zero attached hydrogens (tertiary/aromatic N) is 3. The molecule has 0 aromatic heterocycles. The second kappa shape index (κ2) is 5.09. The van der Waals surface area contributed by atoms with Gasteiger partial charge in [-0.3, -0.25) is 4.79 Å². The van der Waals surface area contributed by atoms with E-state index in [9.17, 15) is 4.79 Å². The fourth-order valence-corrected chi connectivity index (χ4v) is 2.22. The highest BCUT2D eigenvalue weighted by Crippen LogP contribution is 2.28. The summed E-state index contributed by atoms with van der Waals surface area (Å²) in [5.74, 6) is -0.519. The number of amides is 1. The molecule has 1 atom stereocenters. The van der Waals surface area contributed by atoms with Crippen LogP contribution in [0.2, 0.25) is 0 Å². The number of nitriles is 1. The zero-order chi connectivity index (χ0) is 14.9. The molecule has 1 amide bonds. The Morgan fingerprint density at radius 3 is 2.40 bits per heavy atom. The molecule has 0 aliphatic carbocycles. The van der Waals surface area contributed by atoms with Crippen LogP contribution in [-0.4, -0.2) is 11.6 Å². The third kappa shape index (κ3) is 2.57. The van der Waals surface area contributed by atoms with Gasteiger partial charge in [-0.1, -0.05) is 32.9 Å². The molecule has 1 aromatic carbocycles. The maximum absolute atomic E-state index is 12.2. The number of carbonyl (C=O) groups is 1. The number of hydrogen-bond acceptors (Lipinski definition) is 3. The van der Waals surface area contributed by atoms with E-state index in [2.05, 4.69) is 25.9 Å². The van der Waals surface area contributed by atoms with Crippen LogP contribution < -0.4 is 5.01 Å². The van der Waals surface area contributed by atoms with Gasteiger partial charge < -0.3 is 0 Å². The summed E-state index contributed by atoms with van der Waals surface area (Å²) in [6.07, 6.45) is 0.185. The Bertz CT molecular complexity index is 588. The van der Waals surface area contributed by atoms with Crippen LogP contribution in [0.3, 0.4) is 0 Å².